The lowest BCUT2D eigenvalue weighted by Gasteiger charge is -2.27. The third kappa shape index (κ3) is 1.63. The van der Waals surface area contributed by atoms with Crippen molar-refractivity contribution >= 4 is 34.6 Å². The molecule has 0 radical (unpaired) electrons. The Hall–Kier alpha value is -2.83. The Kier molecular flexibility index (Phi) is 2.32. The number of hydrogen-bond acceptors (Lipinski definition) is 5. The van der Waals surface area contributed by atoms with E-state index in [1.165, 1.54) is 4.90 Å². The molecule has 0 aliphatic carbocycles. The summed E-state index contributed by atoms with van der Waals surface area (Å²) in [4.78, 5) is 30.6. The van der Waals surface area contributed by atoms with Gasteiger partial charge in [0.05, 0.1) is 11.3 Å². The van der Waals surface area contributed by atoms with Crippen LogP contribution >= 0.6 is 0 Å². The number of carbonyl (C=O) groups excluding carboxylic acids is 2. The molecule has 7 heteroatoms. The second-order valence-corrected chi connectivity index (χ2v) is 5.07. The van der Waals surface area contributed by atoms with Crippen molar-refractivity contribution in [3.8, 4) is 0 Å². The molecule has 21 heavy (non-hydrogen) atoms. The predicted molar refractivity (Wildman–Crippen MR) is 75.4 cm³/mol. The van der Waals surface area contributed by atoms with Gasteiger partial charge in [0.2, 0.25) is 5.91 Å². The molecular formula is C14H12N4O3. The van der Waals surface area contributed by atoms with Crippen molar-refractivity contribution in [1.82, 2.24) is 9.88 Å². The molecule has 3 N–H and O–H groups in total. The molecule has 2 aromatic rings. The van der Waals surface area contributed by atoms with Gasteiger partial charge in [-0.25, -0.2) is 0 Å². The minimum atomic E-state index is -0.491. The molecule has 2 aliphatic rings. The summed E-state index contributed by atoms with van der Waals surface area (Å²) in [6, 6.07) is 2.78. The molecule has 1 aromatic heterocycles. The van der Waals surface area contributed by atoms with Crippen LogP contribution in [0.2, 0.25) is 0 Å². The van der Waals surface area contributed by atoms with Crippen LogP contribution in [-0.4, -0.2) is 27.7 Å². The van der Waals surface area contributed by atoms with Gasteiger partial charge in [0.25, 0.3) is 11.9 Å². The Morgan fingerprint density at radius 3 is 3.10 bits per heavy atom. The first-order chi connectivity index (χ1) is 10.1. The molecule has 1 atom stereocenters. The molecule has 106 valence electrons. The molecule has 7 nitrogen and oxygen atoms in total. The Morgan fingerprint density at radius 1 is 1.38 bits per heavy atom. The number of rotatable bonds is 0. The smallest absolute Gasteiger partial charge is 0.293 e. The number of hydrogen-bond donors (Lipinski definition) is 2. The first-order valence-electron chi connectivity index (χ1n) is 6.64. The standard InChI is InChI=1S/C14H12N4O3/c15-14-17-11-9(21-14)5-4-7-10(11)13(20)18-6-2-1-3-8(18)12(19)16-7/h2,4-6,8H,1,3H2,(H2,15,17)(H,16,19)/t8-/m0/s1. The largest absolute Gasteiger partial charge is 0.424 e. The zero-order chi connectivity index (χ0) is 14.6. The van der Waals surface area contributed by atoms with E-state index in [0.29, 0.717) is 28.8 Å². The van der Waals surface area contributed by atoms with E-state index in [1.807, 2.05) is 6.08 Å². The Bertz CT molecular complexity index is 808. The van der Waals surface area contributed by atoms with Crippen molar-refractivity contribution in [1.29, 1.82) is 0 Å². The van der Waals surface area contributed by atoms with E-state index in [9.17, 15) is 9.59 Å². The van der Waals surface area contributed by atoms with Crippen molar-refractivity contribution in [2.24, 2.45) is 0 Å². The number of fused-ring (bicyclic) bond motifs is 4. The number of nitrogens with one attached hydrogen (secondary N) is 1. The summed E-state index contributed by atoms with van der Waals surface area (Å²) in [5.41, 5.74) is 7.11. The molecule has 2 aliphatic heterocycles. The fourth-order valence-electron chi connectivity index (χ4n) is 2.83. The van der Waals surface area contributed by atoms with Gasteiger partial charge in [0, 0.05) is 6.20 Å². The lowest BCUT2D eigenvalue weighted by Crippen LogP contribution is -2.43. The maximum absolute atomic E-state index is 12.8. The summed E-state index contributed by atoms with van der Waals surface area (Å²) in [7, 11) is 0. The van der Waals surface area contributed by atoms with Crippen LogP contribution < -0.4 is 11.1 Å². The fourth-order valence-corrected chi connectivity index (χ4v) is 2.83. The lowest BCUT2D eigenvalue weighted by molar-refractivity contribution is -0.120. The lowest BCUT2D eigenvalue weighted by atomic mass is 10.1. The van der Waals surface area contributed by atoms with Crippen LogP contribution in [0, 0.1) is 0 Å². The Balaban J connectivity index is 1.98. The van der Waals surface area contributed by atoms with Gasteiger partial charge in [-0.2, -0.15) is 4.98 Å². The number of oxazole rings is 1. The summed E-state index contributed by atoms with van der Waals surface area (Å²) in [5, 5.41) is 2.80. The van der Waals surface area contributed by atoms with Gasteiger partial charge in [-0.05, 0) is 25.0 Å². The quantitative estimate of drug-likeness (QED) is 0.763. The third-order valence-corrected chi connectivity index (χ3v) is 3.79. The molecular weight excluding hydrogens is 272 g/mol. The van der Waals surface area contributed by atoms with E-state index >= 15 is 0 Å². The van der Waals surface area contributed by atoms with E-state index in [1.54, 1.807) is 18.3 Å². The topological polar surface area (TPSA) is 101 Å². The molecule has 2 amide bonds. The van der Waals surface area contributed by atoms with Crippen molar-refractivity contribution in [2.45, 2.75) is 18.9 Å². The van der Waals surface area contributed by atoms with Gasteiger partial charge < -0.3 is 20.4 Å². The Morgan fingerprint density at radius 2 is 2.24 bits per heavy atom. The number of aromatic nitrogens is 1. The van der Waals surface area contributed by atoms with Crippen LogP contribution in [0.5, 0.6) is 0 Å². The first-order valence-corrected chi connectivity index (χ1v) is 6.64. The van der Waals surface area contributed by atoms with Crippen molar-refractivity contribution in [3.63, 3.8) is 0 Å². The highest BCUT2D eigenvalue weighted by molar-refractivity contribution is 6.16. The zero-order valence-corrected chi connectivity index (χ0v) is 11.0. The number of nitrogens with two attached hydrogens (primary N) is 1. The van der Waals surface area contributed by atoms with Crippen LogP contribution in [0.4, 0.5) is 11.7 Å². The molecule has 0 spiro atoms. The summed E-state index contributed by atoms with van der Waals surface area (Å²) >= 11 is 0. The number of nitrogen functional groups attached to an aromatic ring is 1. The highest BCUT2D eigenvalue weighted by atomic mass is 16.4. The van der Waals surface area contributed by atoms with E-state index in [2.05, 4.69) is 10.3 Å². The zero-order valence-electron chi connectivity index (χ0n) is 11.0. The SMILES string of the molecule is Nc1nc2c3c(ccc2o1)NC(=O)[C@@H]1CCC=CN1C3=O. The number of nitrogens with zero attached hydrogens (tertiary/aromatic N) is 2. The molecule has 0 saturated carbocycles. The van der Waals surface area contributed by atoms with Gasteiger partial charge in [0.1, 0.15) is 11.6 Å². The molecule has 3 heterocycles. The summed E-state index contributed by atoms with van der Waals surface area (Å²) in [6.45, 7) is 0. The number of amides is 2. The minimum Gasteiger partial charge on any atom is -0.424 e. The van der Waals surface area contributed by atoms with Gasteiger partial charge in [-0.3, -0.25) is 9.59 Å². The van der Waals surface area contributed by atoms with E-state index < -0.39 is 6.04 Å². The fraction of sp³-hybridized carbons (Fsp3) is 0.214. The maximum atomic E-state index is 12.8. The molecule has 1 aromatic carbocycles. The summed E-state index contributed by atoms with van der Waals surface area (Å²) < 4.78 is 5.25. The molecule has 0 saturated heterocycles. The highest BCUT2D eigenvalue weighted by Crippen LogP contribution is 2.33. The van der Waals surface area contributed by atoms with E-state index in [-0.39, 0.29) is 17.8 Å². The number of benzene rings is 1. The monoisotopic (exact) mass is 284 g/mol. The summed E-state index contributed by atoms with van der Waals surface area (Å²) in [6.07, 6.45) is 4.91. The predicted octanol–water partition coefficient (Wildman–Crippen LogP) is 1.48. The van der Waals surface area contributed by atoms with Crippen LogP contribution in [0.1, 0.15) is 23.2 Å². The van der Waals surface area contributed by atoms with Crippen molar-refractivity contribution in [2.75, 3.05) is 11.1 Å². The second kappa shape index (κ2) is 4.08. The maximum Gasteiger partial charge on any atom is 0.293 e. The number of allylic oxidation sites excluding steroid dienone is 1. The number of anilines is 2. The molecule has 4 rings (SSSR count). The highest BCUT2D eigenvalue weighted by Gasteiger charge is 2.36. The third-order valence-electron chi connectivity index (χ3n) is 3.79. The van der Waals surface area contributed by atoms with Crippen LogP contribution in [0.15, 0.2) is 28.8 Å². The van der Waals surface area contributed by atoms with Crippen molar-refractivity contribution in [3.05, 3.63) is 30.0 Å². The first kappa shape index (κ1) is 12.0. The van der Waals surface area contributed by atoms with Crippen LogP contribution in [0.3, 0.4) is 0 Å². The van der Waals surface area contributed by atoms with Gasteiger partial charge in [-0.15, -0.1) is 0 Å². The van der Waals surface area contributed by atoms with E-state index in [0.717, 1.165) is 6.42 Å². The molecule has 0 unspecified atom stereocenters. The molecule has 0 bridgehead atoms. The summed E-state index contributed by atoms with van der Waals surface area (Å²) in [5.74, 6) is -0.467. The average molecular weight is 284 g/mol. The van der Waals surface area contributed by atoms with E-state index in [4.69, 9.17) is 10.2 Å². The minimum absolute atomic E-state index is 0.00694. The average Bonchev–Trinajstić information content (AvgIpc) is 2.81. The van der Waals surface area contributed by atoms with Gasteiger partial charge in [-0.1, -0.05) is 6.08 Å². The normalized spacial score (nSPS) is 21.0. The Labute approximate surface area is 119 Å². The van der Waals surface area contributed by atoms with Gasteiger partial charge >= 0.3 is 0 Å². The second-order valence-electron chi connectivity index (χ2n) is 5.07. The van der Waals surface area contributed by atoms with Crippen LogP contribution in [-0.2, 0) is 4.79 Å². The number of carbonyl (C=O) groups is 2. The molecule has 0 fully saturated rings. The van der Waals surface area contributed by atoms with Gasteiger partial charge in [0.15, 0.2) is 5.58 Å². The van der Waals surface area contributed by atoms with Crippen molar-refractivity contribution < 1.29 is 14.0 Å². The van der Waals surface area contributed by atoms with Crippen LogP contribution in [0.25, 0.3) is 11.1 Å².